The van der Waals surface area contributed by atoms with E-state index in [2.05, 4.69) is 21.5 Å². The molecule has 0 saturated heterocycles. The van der Waals surface area contributed by atoms with Gasteiger partial charge in [0.2, 0.25) is 0 Å². The van der Waals surface area contributed by atoms with Gasteiger partial charge in [0, 0.05) is 0 Å². The normalized spacial score (nSPS) is 11.5. The van der Waals surface area contributed by atoms with Crippen LogP contribution in [0.15, 0.2) is 60.7 Å². The zero-order chi connectivity index (χ0) is 14.3. The van der Waals surface area contributed by atoms with E-state index in [1.807, 2.05) is 60.7 Å². The molecule has 2 rings (SSSR count). The molecule has 0 aliphatic rings. The molecule has 2 aromatic carbocycles. The monoisotopic (exact) mass is 384 g/mol. The molecule has 0 spiro atoms. The Morgan fingerprint density at radius 1 is 0.800 bits per heavy atom. The maximum absolute atomic E-state index is 12.2. The van der Waals surface area contributed by atoms with Gasteiger partial charge >= 0.3 is 131 Å². The van der Waals surface area contributed by atoms with Crippen molar-refractivity contribution in [1.82, 2.24) is 0 Å². The molecular formula is C14H14AgO4P. The third-order valence-corrected chi connectivity index (χ3v) is 4.55. The molecule has 0 atom stereocenters. The molecule has 0 aliphatic heterocycles. The standard InChI is InChI=1S/C14H15O4P.Ag/c15-19(16,17-11-13-7-3-1-4-8-13)18-12-14-9-5-2-6-10-14;/h1-10H,11-12H2,(H,15,16);/q;+1/p-1. The Morgan fingerprint density at radius 2 is 1.20 bits per heavy atom. The Morgan fingerprint density at radius 3 is 1.55 bits per heavy atom. The Labute approximate surface area is 131 Å². The van der Waals surface area contributed by atoms with Crippen LogP contribution >= 0.6 is 7.82 Å². The molecule has 0 amide bonds. The summed E-state index contributed by atoms with van der Waals surface area (Å²) in [7, 11) is -3.62. The Hall–Kier alpha value is -0.710. The average Bonchev–Trinajstić information content (AvgIpc) is 2.53. The molecule has 0 heterocycles. The Balaban J connectivity index is 1.90. The minimum absolute atomic E-state index is 0.151. The molecule has 110 valence electrons. The van der Waals surface area contributed by atoms with Crippen molar-refractivity contribution >= 4 is 7.82 Å². The molecule has 20 heavy (non-hydrogen) atoms. The Kier molecular flexibility index (Phi) is 6.20. The van der Waals surface area contributed by atoms with E-state index in [1.165, 1.54) is 0 Å². The van der Waals surface area contributed by atoms with Gasteiger partial charge in [0.15, 0.2) is 0 Å². The average molecular weight is 385 g/mol. The first-order valence-electron chi connectivity index (χ1n) is 5.96. The van der Waals surface area contributed by atoms with Gasteiger partial charge in [0.25, 0.3) is 0 Å². The Bertz CT molecular complexity index is 514. The molecule has 2 aromatic rings. The SMILES string of the molecule is O=P([O][Ag])(OCc1ccccc1)OCc1ccccc1. The third-order valence-electron chi connectivity index (χ3n) is 2.53. The summed E-state index contributed by atoms with van der Waals surface area (Å²) >= 11 is 2.72. The van der Waals surface area contributed by atoms with Crippen LogP contribution in [-0.2, 0) is 51.3 Å². The number of benzene rings is 2. The van der Waals surface area contributed by atoms with Crippen molar-refractivity contribution in [3.05, 3.63) is 71.8 Å². The first-order valence-corrected chi connectivity index (χ1v) is 8.02. The van der Waals surface area contributed by atoms with E-state index in [9.17, 15) is 4.57 Å². The first-order chi connectivity index (χ1) is 9.72. The van der Waals surface area contributed by atoms with Crippen molar-refractivity contribution in [2.45, 2.75) is 13.2 Å². The van der Waals surface area contributed by atoms with E-state index >= 15 is 0 Å². The molecule has 0 radical (unpaired) electrons. The van der Waals surface area contributed by atoms with Crippen LogP contribution in [-0.4, -0.2) is 0 Å². The van der Waals surface area contributed by atoms with Crippen molar-refractivity contribution in [2.24, 2.45) is 0 Å². The zero-order valence-electron chi connectivity index (χ0n) is 10.6. The number of hydrogen-bond acceptors (Lipinski definition) is 4. The fourth-order valence-corrected chi connectivity index (χ4v) is 2.75. The fourth-order valence-electron chi connectivity index (χ4n) is 1.52. The second-order valence-corrected chi connectivity index (χ2v) is 6.35. The molecule has 0 unspecified atom stereocenters. The topological polar surface area (TPSA) is 44.8 Å². The van der Waals surface area contributed by atoms with Crippen LogP contribution in [0.3, 0.4) is 0 Å². The van der Waals surface area contributed by atoms with Crippen LogP contribution < -0.4 is 0 Å². The predicted molar refractivity (Wildman–Crippen MR) is 71.2 cm³/mol. The molecule has 6 heteroatoms. The van der Waals surface area contributed by atoms with Crippen molar-refractivity contribution < 1.29 is 38.1 Å². The molecule has 0 aliphatic carbocycles. The van der Waals surface area contributed by atoms with Gasteiger partial charge in [0.05, 0.1) is 0 Å². The van der Waals surface area contributed by atoms with E-state index in [-0.39, 0.29) is 13.2 Å². The summed E-state index contributed by atoms with van der Waals surface area (Å²) in [6.45, 7) is 0.302. The van der Waals surface area contributed by atoms with Crippen LogP contribution in [0.1, 0.15) is 11.1 Å². The van der Waals surface area contributed by atoms with Crippen LogP contribution in [0.4, 0.5) is 0 Å². The van der Waals surface area contributed by atoms with Gasteiger partial charge in [-0.05, 0) is 0 Å². The fraction of sp³-hybridized carbons (Fsp3) is 0.143. The summed E-state index contributed by atoms with van der Waals surface area (Å²) in [6, 6.07) is 18.8. The number of phosphoric acid groups is 1. The summed E-state index contributed by atoms with van der Waals surface area (Å²) < 4.78 is 27.4. The second-order valence-electron chi connectivity index (χ2n) is 4.02. The van der Waals surface area contributed by atoms with Crippen LogP contribution in [0.5, 0.6) is 0 Å². The van der Waals surface area contributed by atoms with E-state index in [0.29, 0.717) is 0 Å². The van der Waals surface area contributed by atoms with Gasteiger partial charge in [-0.1, -0.05) is 0 Å². The summed E-state index contributed by atoms with van der Waals surface area (Å²) in [5.74, 6) is 0. The molecule has 0 aromatic heterocycles. The van der Waals surface area contributed by atoms with Gasteiger partial charge in [-0.25, -0.2) is 0 Å². The van der Waals surface area contributed by atoms with Gasteiger partial charge in [0.1, 0.15) is 0 Å². The number of phosphoric ester groups is 1. The van der Waals surface area contributed by atoms with Crippen molar-refractivity contribution in [3.63, 3.8) is 0 Å². The van der Waals surface area contributed by atoms with Gasteiger partial charge in [-0.2, -0.15) is 0 Å². The van der Waals surface area contributed by atoms with Crippen LogP contribution in [0.25, 0.3) is 0 Å². The molecule has 0 fully saturated rings. The van der Waals surface area contributed by atoms with Crippen LogP contribution in [0, 0.1) is 0 Å². The molecule has 0 N–H and O–H groups in total. The number of rotatable bonds is 7. The first kappa shape index (κ1) is 15.7. The molecule has 4 nitrogen and oxygen atoms in total. The summed E-state index contributed by atoms with van der Waals surface area (Å²) in [5.41, 5.74) is 1.78. The van der Waals surface area contributed by atoms with Crippen molar-refractivity contribution in [3.8, 4) is 0 Å². The zero-order valence-corrected chi connectivity index (χ0v) is 12.9. The summed E-state index contributed by atoms with van der Waals surface area (Å²) in [5, 5.41) is 0. The van der Waals surface area contributed by atoms with E-state index < -0.39 is 7.82 Å². The third kappa shape index (κ3) is 5.00. The summed E-state index contributed by atoms with van der Waals surface area (Å²) in [6.07, 6.45) is 0. The van der Waals surface area contributed by atoms with E-state index in [1.54, 1.807) is 0 Å². The van der Waals surface area contributed by atoms with Crippen molar-refractivity contribution in [1.29, 1.82) is 0 Å². The molecular weight excluding hydrogens is 371 g/mol. The minimum atomic E-state index is -3.62. The van der Waals surface area contributed by atoms with Gasteiger partial charge in [-0.3, -0.25) is 0 Å². The van der Waals surface area contributed by atoms with Crippen molar-refractivity contribution in [2.75, 3.05) is 0 Å². The quantitative estimate of drug-likeness (QED) is 0.534. The predicted octanol–water partition coefficient (Wildman–Crippen LogP) is 4.01. The van der Waals surface area contributed by atoms with E-state index in [0.717, 1.165) is 11.1 Å². The number of hydrogen-bond donors (Lipinski definition) is 0. The van der Waals surface area contributed by atoms with E-state index in [4.69, 9.17) is 12.1 Å². The molecule has 0 saturated carbocycles. The maximum atomic E-state index is 12.2. The molecule has 0 bridgehead atoms. The summed E-state index contributed by atoms with van der Waals surface area (Å²) in [4.78, 5) is 0. The van der Waals surface area contributed by atoms with Gasteiger partial charge < -0.3 is 0 Å². The van der Waals surface area contributed by atoms with Crippen LogP contribution in [0.2, 0.25) is 0 Å². The second kappa shape index (κ2) is 7.91. The van der Waals surface area contributed by atoms with Gasteiger partial charge in [-0.15, -0.1) is 0 Å².